The van der Waals surface area contributed by atoms with Crippen molar-refractivity contribution in [1.82, 2.24) is 0 Å². The van der Waals surface area contributed by atoms with Crippen LogP contribution in [0.1, 0.15) is 36.8 Å². The molecule has 0 aliphatic carbocycles. The number of rotatable bonds is 7. The van der Waals surface area contributed by atoms with Gasteiger partial charge in [0, 0.05) is 51.4 Å². The van der Waals surface area contributed by atoms with Crippen molar-refractivity contribution in [3.8, 4) is 0 Å². The highest BCUT2D eigenvalue weighted by atomic mass is 16.6. The molecule has 0 N–H and O–H groups in total. The predicted molar refractivity (Wildman–Crippen MR) is 113 cm³/mol. The van der Waals surface area contributed by atoms with Gasteiger partial charge in [-0.05, 0) is 35.4 Å². The molecular formula is C22H31N3O. The van der Waals surface area contributed by atoms with Crippen molar-refractivity contribution >= 4 is 17.1 Å². The maximum atomic E-state index is 5.18. The first-order valence-electron chi connectivity index (χ1n) is 9.00. The van der Waals surface area contributed by atoms with Crippen LogP contribution in [0.25, 0.3) is 0 Å². The van der Waals surface area contributed by atoms with Gasteiger partial charge in [-0.15, -0.1) is 0 Å². The van der Waals surface area contributed by atoms with Gasteiger partial charge < -0.3 is 14.6 Å². The molecule has 0 saturated heterocycles. The van der Waals surface area contributed by atoms with E-state index in [2.05, 4.69) is 106 Å². The molecule has 2 aromatic carbocycles. The van der Waals surface area contributed by atoms with Crippen molar-refractivity contribution in [3.05, 3.63) is 59.7 Å². The Bertz CT molecular complexity index is 659. The first-order chi connectivity index (χ1) is 12.3. The Morgan fingerprint density at radius 1 is 0.731 bits per heavy atom. The van der Waals surface area contributed by atoms with E-state index >= 15 is 0 Å². The van der Waals surface area contributed by atoms with E-state index in [1.54, 1.807) is 7.11 Å². The highest BCUT2D eigenvalue weighted by molar-refractivity contribution is 5.95. The lowest BCUT2D eigenvalue weighted by atomic mass is 9.85. The van der Waals surface area contributed by atoms with Gasteiger partial charge in [0.25, 0.3) is 0 Å². The zero-order chi connectivity index (χ0) is 19.3. The van der Waals surface area contributed by atoms with Gasteiger partial charge in [0.1, 0.15) is 7.11 Å². The summed E-state index contributed by atoms with van der Waals surface area (Å²) in [6.07, 6.45) is 0. The Kier molecular flexibility index (Phi) is 6.67. The fourth-order valence-corrected chi connectivity index (χ4v) is 3.10. The number of benzene rings is 2. The highest BCUT2D eigenvalue weighted by Gasteiger charge is 2.22. The SMILES string of the molecule is CON=C(C(C)c1ccc(N(C)C)cc1)C(C)c1ccc(N(C)C)cc1. The van der Waals surface area contributed by atoms with Gasteiger partial charge in [0.15, 0.2) is 0 Å². The number of hydrogen-bond donors (Lipinski definition) is 0. The fourth-order valence-electron chi connectivity index (χ4n) is 3.10. The second kappa shape index (κ2) is 8.75. The van der Waals surface area contributed by atoms with Crippen molar-refractivity contribution in [2.45, 2.75) is 25.7 Å². The summed E-state index contributed by atoms with van der Waals surface area (Å²) >= 11 is 0. The Hall–Kier alpha value is -2.49. The zero-order valence-corrected chi connectivity index (χ0v) is 17.0. The molecule has 0 aliphatic rings. The van der Waals surface area contributed by atoms with E-state index in [-0.39, 0.29) is 11.8 Å². The van der Waals surface area contributed by atoms with Crippen LogP contribution in [0.3, 0.4) is 0 Å². The third kappa shape index (κ3) is 4.57. The smallest absolute Gasteiger partial charge is 0.106 e. The lowest BCUT2D eigenvalue weighted by molar-refractivity contribution is 0.210. The standard InChI is InChI=1S/C22H31N3O/c1-16(18-8-12-20(13-9-18)24(3)4)22(23-26-7)17(2)19-10-14-21(15-11-19)25(5)6/h8-17H,1-7H3. The summed E-state index contributed by atoms with van der Waals surface area (Å²) in [6.45, 7) is 4.38. The molecule has 0 spiro atoms. The third-order valence-electron chi connectivity index (χ3n) is 4.90. The summed E-state index contributed by atoms with van der Waals surface area (Å²) in [4.78, 5) is 9.39. The summed E-state index contributed by atoms with van der Waals surface area (Å²) in [5, 5.41) is 4.39. The van der Waals surface area contributed by atoms with E-state index in [4.69, 9.17) is 4.84 Å². The van der Waals surface area contributed by atoms with Crippen molar-refractivity contribution < 1.29 is 4.84 Å². The van der Waals surface area contributed by atoms with Gasteiger partial charge in [-0.2, -0.15) is 0 Å². The number of nitrogens with zero attached hydrogens (tertiary/aromatic N) is 3. The molecule has 2 rings (SSSR count). The normalized spacial score (nSPS) is 12.9. The first kappa shape index (κ1) is 19.8. The average molecular weight is 354 g/mol. The largest absolute Gasteiger partial charge is 0.399 e. The molecule has 0 aliphatic heterocycles. The van der Waals surface area contributed by atoms with E-state index < -0.39 is 0 Å². The number of anilines is 2. The van der Waals surface area contributed by atoms with Crippen LogP contribution in [-0.4, -0.2) is 41.0 Å². The molecule has 4 heteroatoms. The number of hydrogen-bond acceptors (Lipinski definition) is 4. The summed E-state index contributed by atoms with van der Waals surface area (Å²) in [5.41, 5.74) is 5.89. The average Bonchev–Trinajstić information content (AvgIpc) is 2.65. The maximum Gasteiger partial charge on any atom is 0.106 e. The minimum Gasteiger partial charge on any atom is -0.399 e. The Labute approximate surface area is 158 Å². The lowest BCUT2D eigenvalue weighted by Gasteiger charge is -2.22. The van der Waals surface area contributed by atoms with E-state index in [0.29, 0.717) is 0 Å². The quantitative estimate of drug-likeness (QED) is 0.532. The number of oxime groups is 1. The molecule has 0 bridgehead atoms. The van der Waals surface area contributed by atoms with Gasteiger partial charge in [0.05, 0.1) is 5.71 Å². The van der Waals surface area contributed by atoms with E-state index in [1.165, 1.54) is 22.5 Å². The second-order valence-electron chi connectivity index (χ2n) is 7.11. The highest BCUT2D eigenvalue weighted by Crippen LogP contribution is 2.29. The fraction of sp³-hybridized carbons (Fsp3) is 0.409. The van der Waals surface area contributed by atoms with Crippen molar-refractivity contribution in [2.75, 3.05) is 45.1 Å². The van der Waals surface area contributed by atoms with Gasteiger partial charge >= 0.3 is 0 Å². The Balaban J connectivity index is 2.27. The minimum atomic E-state index is 0.176. The molecule has 0 radical (unpaired) electrons. The lowest BCUT2D eigenvalue weighted by Crippen LogP contribution is -2.18. The van der Waals surface area contributed by atoms with Gasteiger partial charge in [-0.3, -0.25) is 0 Å². The molecule has 4 nitrogen and oxygen atoms in total. The summed E-state index contributed by atoms with van der Waals surface area (Å²) in [6, 6.07) is 17.3. The zero-order valence-electron chi connectivity index (χ0n) is 17.0. The van der Waals surface area contributed by atoms with Crippen molar-refractivity contribution in [3.63, 3.8) is 0 Å². The molecule has 0 aromatic heterocycles. The first-order valence-corrected chi connectivity index (χ1v) is 9.00. The van der Waals surface area contributed by atoms with Crippen LogP contribution in [0.4, 0.5) is 11.4 Å². The van der Waals surface area contributed by atoms with Crippen LogP contribution < -0.4 is 9.80 Å². The maximum absolute atomic E-state index is 5.18. The van der Waals surface area contributed by atoms with Crippen LogP contribution in [-0.2, 0) is 4.84 Å². The topological polar surface area (TPSA) is 28.1 Å². The van der Waals surface area contributed by atoms with Crippen LogP contribution in [0.2, 0.25) is 0 Å². The van der Waals surface area contributed by atoms with Crippen LogP contribution in [0.5, 0.6) is 0 Å². The minimum absolute atomic E-state index is 0.176. The molecule has 0 amide bonds. The van der Waals surface area contributed by atoms with Crippen LogP contribution >= 0.6 is 0 Å². The van der Waals surface area contributed by atoms with Gasteiger partial charge in [0.2, 0.25) is 0 Å². The van der Waals surface area contributed by atoms with Crippen molar-refractivity contribution in [1.29, 1.82) is 0 Å². The van der Waals surface area contributed by atoms with Gasteiger partial charge in [-0.25, -0.2) is 0 Å². The molecule has 0 heterocycles. The third-order valence-corrected chi connectivity index (χ3v) is 4.90. The van der Waals surface area contributed by atoms with E-state index in [1.807, 2.05) is 0 Å². The molecule has 2 atom stereocenters. The van der Waals surface area contributed by atoms with E-state index in [9.17, 15) is 0 Å². The molecule has 2 aromatic rings. The molecule has 140 valence electrons. The second-order valence-corrected chi connectivity index (χ2v) is 7.11. The van der Waals surface area contributed by atoms with Crippen molar-refractivity contribution in [2.24, 2.45) is 5.16 Å². The molecule has 2 unspecified atom stereocenters. The molecule has 0 fully saturated rings. The molecule has 0 saturated carbocycles. The summed E-state index contributed by atoms with van der Waals surface area (Å²) < 4.78 is 0. The van der Waals surface area contributed by atoms with Crippen LogP contribution in [0.15, 0.2) is 53.7 Å². The van der Waals surface area contributed by atoms with Gasteiger partial charge in [-0.1, -0.05) is 43.3 Å². The monoisotopic (exact) mass is 353 g/mol. The summed E-state index contributed by atoms with van der Waals surface area (Å²) in [7, 11) is 9.82. The molecule has 26 heavy (non-hydrogen) atoms. The summed E-state index contributed by atoms with van der Waals surface area (Å²) in [5.74, 6) is 0.351. The predicted octanol–water partition coefficient (Wildman–Crippen LogP) is 4.73. The Morgan fingerprint density at radius 3 is 1.35 bits per heavy atom. The van der Waals surface area contributed by atoms with E-state index in [0.717, 1.165) is 5.71 Å². The Morgan fingerprint density at radius 2 is 1.08 bits per heavy atom. The molecular weight excluding hydrogens is 322 g/mol. The van der Waals surface area contributed by atoms with Crippen LogP contribution in [0, 0.1) is 0 Å².